The van der Waals surface area contributed by atoms with Crippen LogP contribution in [0.3, 0.4) is 0 Å². The minimum atomic E-state index is -0.157. The number of aliphatic hydroxyl groups is 1. The first-order chi connectivity index (χ1) is 9.52. The predicted molar refractivity (Wildman–Crippen MR) is 88.1 cm³/mol. The van der Waals surface area contributed by atoms with Crippen LogP contribution in [0.5, 0.6) is 5.75 Å². The van der Waals surface area contributed by atoms with E-state index in [9.17, 15) is 10.2 Å². The standard InChI is InChI=1S/C14H14ClIN2O2/c1-8-14(20)11(9(7-19)5-17-8)6-18-13-3-2-10(15)4-12(13)16/h2-5,18-20H,6-7H2,1H3. The number of aliphatic hydroxyl groups excluding tert-OH is 1. The van der Waals surface area contributed by atoms with Crippen molar-refractivity contribution in [1.29, 1.82) is 0 Å². The topological polar surface area (TPSA) is 65.4 Å². The second-order valence-corrected chi connectivity index (χ2v) is 5.93. The number of benzene rings is 1. The van der Waals surface area contributed by atoms with Gasteiger partial charge in [0.25, 0.3) is 0 Å². The molecule has 0 radical (unpaired) electrons. The molecule has 0 amide bonds. The van der Waals surface area contributed by atoms with Gasteiger partial charge in [-0.3, -0.25) is 4.98 Å². The van der Waals surface area contributed by atoms with Crippen LogP contribution in [-0.2, 0) is 13.2 Å². The molecule has 3 N–H and O–H groups in total. The minimum Gasteiger partial charge on any atom is -0.506 e. The maximum Gasteiger partial charge on any atom is 0.142 e. The Morgan fingerprint density at radius 1 is 1.40 bits per heavy atom. The fourth-order valence-electron chi connectivity index (χ4n) is 1.83. The molecule has 0 saturated carbocycles. The fourth-order valence-corrected chi connectivity index (χ4v) is 2.90. The van der Waals surface area contributed by atoms with Gasteiger partial charge in [-0.2, -0.15) is 0 Å². The van der Waals surface area contributed by atoms with Crippen LogP contribution in [0.25, 0.3) is 0 Å². The van der Waals surface area contributed by atoms with Crippen LogP contribution >= 0.6 is 34.2 Å². The molecule has 0 aliphatic rings. The molecule has 6 heteroatoms. The van der Waals surface area contributed by atoms with Crippen molar-refractivity contribution in [3.63, 3.8) is 0 Å². The van der Waals surface area contributed by atoms with Crippen LogP contribution in [0, 0.1) is 10.5 Å². The van der Waals surface area contributed by atoms with Crippen LogP contribution in [0.4, 0.5) is 5.69 Å². The molecule has 2 aromatic rings. The van der Waals surface area contributed by atoms with Crippen LogP contribution in [0.1, 0.15) is 16.8 Å². The highest BCUT2D eigenvalue weighted by Gasteiger charge is 2.11. The molecular formula is C14H14ClIN2O2. The van der Waals surface area contributed by atoms with Gasteiger partial charge < -0.3 is 15.5 Å². The lowest BCUT2D eigenvalue weighted by Gasteiger charge is -2.14. The maximum atomic E-state index is 10.1. The predicted octanol–water partition coefficient (Wildman–Crippen LogP) is 3.46. The average Bonchev–Trinajstić information content (AvgIpc) is 2.42. The van der Waals surface area contributed by atoms with E-state index >= 15 is 0 Å². The summed E-state index contributed by atoms with van der Waals surface area (Å²) in [5.41, 5.74) is 2.74. The van der Waals surface area contributed by atoms with Gasteiger partial charge in [-0.1, -0.05) is 11.6 Å². The van der Waals surface area contributed by atoms with E-state index in [1.807, 2.05) is 12.1 Å². The van der Waals surface area contributed by atoms with Crippen LogP contribution in [0.15, 0.2) is 24.4 Å². The number of aromatic hydroxyl groups is 1. The van der Waals surface area contributed by atoms with Crippen molar-refractivity contribution in [1.82, 2.24) is 4.98 Å². The van der Waals surface area contributed by atoms with Crippen LogP contribution in [-0.4, -0.2) is 15.2 Å². The average molecular weight is 405 g/mol. The molecule has 0 unspecified atom stereocenters. The Labute approximate surface area is 136 Å². The molecule has 0 spiro atoms. The Morgan fingerprint density at radius 3 is 2.80 bits per heavy atom. The van der Waals surface area contributed by atoms with Crippen molar-refractivity contribution in [2.45, 2.75) is 20.1 Å². The number of rotatable bonds is 4. The summed E-state index contributed by atoms with van der Waals surface area (Å²) in [5.74, 6) is 0.119. The third kappa shape index (κ3) is 3.34. The molecule has 2 rings (SSSR count). The first-order valence-corrected chi connectivity index (χ1v) is 7.44. The van der Waals surface area contributed by atoms with Gasteiger partial charge in [0.15, 0.2) is 0 Å². The van der Waals surface area contributed by atoms with Gasteiger partial charge in [0.1, 0.15) is 5.75 Å². The second kappa shape index (κ2) is 6.60. The van der Waals surface area contributed by atoms with E-state index in [-0.39, 0.29) is 12.4 Å². The first-order valence-electron chi connectivity index (χ1n) is 5.99. The van der Waals surface area contributed by atoms with Gasteiger partial charge in [-0.25, -0.2) is 0 Å². The summed E-state index contributed by atoms with van der Waals surface area (Å²) >= 11 is 8.10. The molecule has 1 aromatic heterocycles. The normalized spacial score (nSPS) is 10.6. The number of hydrogen-bond acceptors (Lipinski definition) is 4. The number of nitrogens with zero attached hydrogens (tertiary/aromatic N) is 1. The van der Waals surface area contributed by atoms with Gasteiger partial charge in [-0.05, 0) is 47.7 Å². The quantitative estimate of drug-likeness (QED) is 0.683. The molecule has 1 heterocycles. The molecule has 106 valence electrons. The van der Waals surface area contributed by atoms with Crippen molar-refractivity contribution >= 4 is 39.9 Å². The van der Waals surface area contributed by atoms with Gasteiger partial charge in [0.05, 0.1) is 12.3 Å². The van der Waals surface area contributed by atoms with Crippen molar-refractivity contribution in [3.8, 4) is 5.75 Å². The van der Waals surface area contributed by atoms with E-state index < -0.39 is 0 Å². The van der Waals surface area contributed by atoms with Crippen molar-refractivity contribution in [2.24, 2.45) is 0 Å². The highest BCUT2D eigenvalue weighted by molar-refractivity contribution is 14.1. The van der Waals surface area contributed by atoms with Gasteiger partial charge >= 0.3 is 0 Å². The Morgan fingerprint density at radius 2 is 2.15 bits per heavy atom. The summed E-state index contributed by atoms with van der Waals surface area (Å²) in [7, 11) is 0. The first kappa shape index (κ1) is 15.3. The number of aromatic nitrogens is 1. The maximum absolute atomic E-state index is 10.1. The number of hydrogen-bond donors (Lipinski definition) is 3. The summed E-state index contributed by atoms with van der Waals surface area (Å²) in [6, 6.07) is 5.54. The lowest BCUT2D eigenvalue weighted by atomic mass is 10.1. The zero-order valence-electron chi connectivity index (χ0n) is 10.8. The molecule has 0 aliphatic carbocycles. The van der Waals surface area contributed by atoms with E-state index in [0.717, 1.165) is 9.26 Å². The lowest BCUT2D eigenvalue weighted by Crippen LogP contribution is -2.06. The molecule has 0 bridgehead atoms. The molecule has 20 heavy (non-hydrogen) atoms. The van der Waals surface area contributed by atoms with Crippen molar-refractivity contribution in [3.05, 3.63) is 49.8 Å². The number of aryl methyl sites for hydroxylation is 1. The van der Waals surface area contributed by atoms with E-state index in [1.165, 1.54) is 0 Å². The van der Waals surface area contributed by atoms with Crippen LogP contribution < -0.4 is 5.32 Å². The highest BCUT2D eigenvalue weighted by atomic mass is 127. The summed E-state index contributed by atoms with van der Waals surface area (Å²) < 4.78 is 0.992. The number of anilines is 1. The van der Waals surface area contributed by atoms with Crippen LogP contribution in [0.2, 0.25) is 5.02 Å². The lowest BCUT2D eigenvalue weighted by molar-refractivity contribution is 0.279. The molecule has 0 saturated heterocycles. The third-order valence-electron chi connectivity index (χ3n) is 2.99. The zero-order valence-corrected chi connectivity index (χ0v) is 13.7. The Hall–Kier alpha value is -1.05. The van der Waals surface area contributed by atoms with Gasteiger partial charge in [0.2, 0.25) is 0 Å². The van der Waals surface area contributed by atoms with Gasteiger partial charge in [0, 0.05) is 38.1 Å². The van der Waals surface area contributed by atoms with E-state index in [0.29, 0.717) is 28.4 Å². The highest BCUT2D eigenvalue weighted by Crippen LogP contribution is 2.27. The molecule has 0 fully saturated rings. The summed E-state index contributed by atoms with van der Waals surface area (Å²) in [4.78, 5) is 4.04. The number of nitrogens with one attached hydrogen (secondary N) is 1. The molecule has 0 aliphatic heterocycles. The zero-order chi connectivity index (χ0) is 14.7. The second-order valence-electron chi connectivity index (χ2n) is 4.33. The van der Waals surface area contributed by atoms with E-state index in [1.54, 1.807) is 19.2 Å². The van der Waals surface area contributed by atoms with Crippen molar-refractivity contribution < 1.29 is 10.2 Å². The summed E-state index contributed by atoms with van der Waals surface area (Å²) in [5, 5.41) is 23.3. The number of pyridine rings is 1. The summed E-state index contributed by atoms with van der Waals surface area (Å²) in [6.45, 7) is 1.98. The Kier molecular flexibility index (Phi) is 5.06. The van der Waals surface area contributed by atoms with E-state index in [4.69, 9.17) is 11.6 Å². The fraction of sp³-hybridized carbons (Fsp3) is 0.214. The SMILES string of the molecule is Cc1ncc(CO)c(CNc2ccc(Cl)cc2I)c1O. The van der Waals surface area contributed by atoms with Crippen molar-refractivity contribution in [2.75, 3.05) is 5.32 Å². The Bertz CT molecular complexity index is 635. The minimum absolute atomic E-state index is 0.119. The third-order valence-corrected chi connectivity index (χ3v) is 4.11. The molecule has 0 atom stereocenters. The molecule has 4 nitrogen and oxygen atoms in total. The van der Waals surface area contributed by atoms with E-state index in [2.05, 4.69) is 32.9 Å². The van der Waals surface area contributed by atoms with Gasteiger partial charge in [-0.15, -0.1) is 0 Å². The number of halogens is 2. The Balaban J connectivity index is 2.24. The molecule has 1 aromatic carbocycles. The largest absolute Gasteiger partial charge is 0.506 e. The monoisotopic (exact) mass is 404 g/mol. The summed E-state index contributed by atoms with van der Waals surface area (Å²) in [6.07, 6.45) is 1.58. The molecular weight excluding hydrogens is 391 g/mol. The smallest absolute Gasteiger partial charge is 0.142 e.